The van der Waals surface area contributed by atoms with Gasteiger partial charge < -0.3 is 0 Å². The Balaban J connectivity index is 0.000000146. The number of pyridine rings is 2. The Labute approximate surface area is 82.7 Å². The maximum atomic E-state index is 8.25. The molecule has 0 spiro atoms. The van der Waals surface area contributed by atoms with Gasteiger partial charge in [-0.25, -0.2) is 0 Å². The van der Waals surface area contributed by atoms with Crippen molar-refractivity contribution in [2.24, 2.45) is 0 Å². The van der Waals surface area contributed by atoms with E-state index >= 15 is 0 Å². The topological polar surface area (TPSA) is 49.6 Å². The molecule has 2 heterocycles. The van der Waals surface area contributed by atoms with Crippen molar-refractivity contribution >= 4 is 0 Å². The molecule has 2 aromatic heterocycles. The Kier molecular flexibility index (Phi) is 4.46. The minimum atomic E-state index is 0.604. The van der Waals surface area contributed by atoms with Crippen molar-refractivity contribution < 1.29 is 0 Å². The third-order valence-electron chi connectivity index (χ3n) is 1.36. The van der Waals surface area contributed by atoms with Crippen LogP contribution in [0.5, 0.6) is 0 Å². The molecule has 0 aliphatic carbocycles. The van der Waals surface area contributed by atoms with Crippen molar-refractivity contribution in [1.29, 1.82) is 5.26 Å². The second-order valence-corrected chi connectivity index (χ2v) is 2.38. The molecule has 0 bridgehead atoms. The number of rotatable bonds is 0. The summed E-state index contributed by atoms with van der Waals surface area (Å²) in [5.74, 6) is 0. The van der Waals surface area contributed by atoms with E-state index in [4.69, 9.17) is 5.26 Å². The van der Waals surface area contributed by atoms with Gasteiger partial charge in [-0.1, -0.05) is 6.07 Å². The van der Waals surface area contributed by atoms with Crippen LogP contribution < -0.4 is 0 Å². The Morgan fingerprint density at radius 1 is 0.929 bits per heavy atom. The van der Waals surface area contributed by atoms with E-state index in [0.29, 0.717) is 5.56 Å². The molecular formula is C11H9N3. The predicted octanol–water partition coefficient (Wildman–Crippen LogP) is 2.03. The maximum absolute atomic E-state index is 8.25. The normalized spacial score (nSPS) is 7.93. The molecule has 2 rings (SSSR count). The fourth-order valence-corrected chi connectivity index (χ4v) is 0.741. The number of hydrogen-bond acceptors (Lipinski definition) is 3. The van der Waals surface area contributed by atoms with Gasteiger partial charge >= 0.3 is 0 Å². The van der Waals surface area contributed by atoms with Crippen LogP contribution in [-0.4, -0.2) is 9.97 Å². The molecule has 0 amide bonds. The minimum Gasteiger partial charge on any atom is -0.265 e. The zero-order chi connectivity index (χ0) is 10.1. The molecule has 0 atom stereocenters. The summed E-state index contributed by atoms with van der Waals surface area (Å²) in [4.78, 5) is 7.52. The summed E-state index contributed by atoms with van der Waals surface area (Å²) in [5.41, 5.74) is 0.604. The van der Waals surface area contributed by atoms with Crippen LogP contribution in [0.25, 0.3) is 0 Å². The SMILES string of the molecule is N#Cc1cccnc1.c1ccncc1. The lowest BCUT2D eigenvalue weighted by atomic mass is 10.3. The van der Waals surface area contributed by atoms with E-state index in [0.717, 1.165) is 0 Å². The highest BCUT2D eigenvalue weighted by Crippen LogP contribution is 1.89. The van der Waals surface area contributed by atoms with Gasteiger partial charge in [0.05, 0.1) is 5.56 Å². The van der Waals surface area contributed by atoms with Crippen molar-refractivity contribution in [3.05, 3.63) is 60.7 Å². The van der Waals surface area contributed by atoms with E-state index in [1.54, 1.807) is 30.7 Å². The first kappa shape index (κ1) is 9.87. The predicted molar refractivity (Wildman–Crippen MR) is 53.2 cm³/mol. The summed E-state index contributed by atoms with van der Waals surface area (Å²) in [6, 6.07) is 11.1. The van der Waals surface area contributed by atoms with Crippen molar-refractivity contribution in [3.8, 4) is 6.07 Å². The van der Waals surface area contributed by atoms with Crippen LogP contribution in [0.15, 0.2) is 55.1 Å². The Bertz CT molecular complexity index is 352. The van der Waals surface area contributed by atoms with Crippen molar-refractivity contribution in [2.75, 3.05) is 0 Å². The number of nitrogens with zero attached hydrogens (tertiary/aromatic N) is 3. The largest absolute Gasteiger partial charge is 0.265 e. The molecule has 0 aliphatic heterocycles. The van der Waals surface area contributed by atoms with Gasteiger partial charge in [0, 0.05) is 24.8 Å². The van der Waals surface area contributed by atoms with Crippen LogP contribution >= 0.6 is 0 Å². The summed E-state index contributed by atoms with van der Waals surface area (Å²) in [5, 5.41) is 8.25. The summed E-state index contributed by atoms with van der Waals surface area (Å²) in [6.07, 6.45) is 6.67. The zero-order valence-electron chi connectivity index (χ0n) is 7.54. The molecule has 0 aromatic carbocycles. The molecule has 14 heavy (non-hydrogen) atoms. The van der Waals surface area contributed by atoms with Crippen LogP contribution in [0.1, 0.15) is 5.56 Å². The van der Waals surface area contributed by atoms with Gasteiger partial charge in [0.25, 0.3) is 0 Å². The Morgan fingerprint density at radius 2 is 1.64 bits per heavy atom. The average molecular weight is 183 g/mol. The van der Waals surface area contributed by atoms with Gasteiger partial charge in [0.15, 0.2) is 0 Å². The molecule has 0 fully saturated rings. The Morgan fingerprint density at radius 3 is 1.93 bits per heavy atom. The molecule has 0 aliphatic rings. The van der Waals surface area contributed by atoms with E-state index < -0.39 is 0 Å². The summed E-state index contributed by atoms with van der Waals surface area (Å²) in [6.45, 7) is 0. The molecule has 2 aromatic rings. The second kappa shape index (κ2) is 6.32. The fourth-order valence-electron chi connectivity index (χ4n) is 0.741. The highest BCUT2D eigenvalue weighted by Gasteiger charge is 1.80. The standard InChI is InChI=1S/C6H4N2.C5H5N/c7-4-6-2-1-3-8-5-6;1-2-4-6-5-3-1/h1-3,5H;1-5H. The smallest absolute Gasteiger partial charge is 0.101 e. The van der Waals surface area contributed by atoms with Crippen LogP contribution in [0.4, 0.5) is 0 Å². The van der Waals surface area contributed by atoms with Crippen molar-refractivity contribution in [2.45, 2.75) is 0 Å². The summed E-state index contributed by atoms with van der Waals surface area (Å²) in [7, 11) is 0. The Hall–Kier alpha value is -2.21. The van der Waals surface area contributed by atoms with E-state index in [9.17, 15) is 0 Å². The first-order valence-corrected chi connectivity index (χ1v) is 4.08. The lowest BCUT2D eigenvalue weighted by Crippen LogP contribution is -1.72. The van der Waals surface area contributed by atoms with Crippen LogP contribution in [-0.2, 0) is 0 Å². The van der Waals surface area contributed by atoms with Crippen LogP contribution in [0.2, 0.25) is 0 Å². The minimum absolute atomic E-state index is 0.604. The van der Waals surface area contributed by atoms with E-state index in [2.05, 4.69) is 9.97 Å². The van der Waals surface area contributed by atoms with Gasteiger partial charge in [-0.05, 0) is 24.3 Å². The third kappa shape index (κ3) is 3.98. The highest BCUT2D eigenvalue weighted by molar-refractivity contribution is 5.23. The van der Waals surface area contributed by atoms with Crippen molar-refractivity contribution in [1.82, 2.24) is 9.97 Å². The zero-order valence-corrected chi connectivity index (χ0v) is 7.54. The summed E-state index contributed by atoms with van der Waals surface area (Å²) < 4.78 is 0. The van der Waals surface area contributed by atoms with Crippen LogP contribution in [0, 0.1) is 11.3 Å². The third-order valence-corrected chi connectivity index (χ3v) is 1.36. The first-order chi connectivity index (χ1) is 6.93. The van der Waals surface area contributed by atoms with E-state index in [1.165, 1.54) is 6.20 Å². The average Bonchev–Trinajstić information content (AvgIpc) is 2.33. The molecule has 0 saturated carbocycles. The van der Waals surface area contributed by atoms with Gasteiger partial charge in [0.2, 0.25) is 0 Å². The number of hydrogen-bond donors (Lipinski definition) is 0. The first-order valence-electron chi connectivity index (χ1n) is 4.08. The maximum Gasteiger partial charge on any atom is 0.101 e. The molecule has 68 valence electrons. The number of aromatic nitrogens is 2. The van der Waals surface area contributed by atoms with Gasteiger partial charge in [0.1, 0.15) is 6.07 Å². The lowest BCUT2D eigenvalue weighted by molar-refractivity contribution is 1.30. The van der Waals surface area contributed by atoms with E-state index in [-0.39, 0.29) is 0 Å². The highest BCUT2D eigenvalue weighted by atomic mass is 14.6. The van der Waals surface area contributed by atoms with Gasteiger partial charge in [-0.2, -0.15) is 5.26 Å². The molecule has 3 heteroatoms. The van der Waals surface area contributed by atoms with Gasteiger partial charge in [-0.3, -0.25) is 9.97 Å². The van der Waals surface area contributed by atoms with Crippen molar-refractivity contribution in [3.63, 3.8) is 0 Å². The molecular weight excluding hydrogens is 174 g/mol. The monoisotopic (exact) mass is 183 g/mol. The number of nitriles is 1. The molecule has 0 radical (unpaired) electrons. The fraction of sp³-hybridized carbons (Fsp3) is 0. The molecule has 0 saturated heterocycles. The molecule has 3 nitrogen and oxygen atoms in total. The lowest BCUT2D eigenvalue weighted by Gasteiger charge is -1.79. The second-order valence-electron chi connectivity index (χ2n) is 2.38. The van der Waals surface area contributed by atoms with Crippen LogP contribution in [0.3, 0.4) is 0 Å². The quantitative estimate of drug-likeness (QED) is 0.628. The van der Waals surface area contributed by atoms with Gasteiger partial charge in [-0.15, -0.1) is 0 Å². The molecule has 0 unspecified atom stereocenters. The van der Waals surface area contributed by atoms with E-state index in [1.807, 2.05) is 24.3 Å². The molecule has 0 N–H and O–H groups in total. The summed E-state index contributed by atoms with van der Waals surface area (Å²) >= 11 is 0.